The first-order chi connectivity index (χ1) is 14.0. The first-order valence-corrected chi connectivity index (χ1v) is 9.26. The lowest BCUT2D eigenvalue weighted by atomic mass is 10.1. The molecule has 9 nitrogen and oxygen atoms in total. The minimum Gasteiger partial charge on any atom is -0.493 e. The zero-order valence-electron chi connectivity index (χ0n) is 16.0. The number of pyridine rings is 1. The van der Waals surface area contributed by atoms with Gasteiger partial charge >= 0.3 is 5.97 Å². The molecule has 1 aliphatic rings. The van der Waals surface area contributed by atoms with Crippen LogP contribution in [0.3, 0.4) is 0 Å². The smallest absolute Gasteiger partial charge is 0.343 e. The van der Waals surface area contributed by atoms with Gasteiger partial charge < -0.3 is 19.5 Å². The van der Waals surface area contributed by atoms with Crippen molar-refractivity contribution in [2.45, 2.75) is 32.9 Å². The fourth-order valence-corrected chi connectivity index (χ4v) is 3.25. The Morgan fingerprint density at radius 3 is 3.07 bits per heavy atom. The Bertz CT molecular complexity index is 1070. The zero-order chi connectivity index (χ0) is 20.5. The van der Waals surface area contributed by atoms with Gasteiger partial charge in [-0.3, -0.25) is 0 Å². The van der Waals surface area contributed by atoms with Gasteiger partial charge in [0.1, 0.15) is 11.4 Å². The molecule has 1 N–H and O–H groups in total. The van der Waals surface area contributed by atoms with Crippen LogP contribution in [-0.2, 0) is 11.3 Å². The fraction of sp³-hybridized carbons (Fsp3) is 0.368. The molecule has 0 aliphatic carbocycles. The predicted molar refractivity (Wildman–Crippen MR) is 101 cm³/mol. The van der Waals surface area contributed by atoms with Gasteiger partial charge in [-0.2, -0.15) is 5.10 Å². The summed E-state index contributed by atoms with van der Waals surface area (Å²) in [7, 11) is 0. The van der Waals surface area contributed by atoms with Gasteiger partial charge in [-0.15, -0.1) is 0 Å². The summed E-state index contributed by atoms with van der Waals surface area (Å²) in [4.78, 5) is 22.4. The molecule has 10 heteroatoms. The van der Waals surface area contributed by atoms with Crippen LogP contribution < -0.4 is 9.64 Å². The molecule has 0 bridgehead atoms. The SMILES string of the molecule is CCOC(=O)c1cnn2cc3c(nc12)N(Cc1cc(F)cnc1O)[C@H](C)CCO3. The van der Waals surface area contributed by atoms with E-state index in [-0.39, 0.29) is 30.6 Å². The van der Waals surface area contributed by atoms with Crippen LogP contribution in [0.2, 0.25) is 0 Å². The highest BCUT2D eigenvalue weighted by atomic mass is 19.1. The van der Waals surface area contributed by atoms with Gasteiger partial charge in [0, 0.05) is 18.0 Å². The summed E-state index contributed by atoms with van der Waals surface area (Å²) in [5, 5.41) is 14.2. The molecule has 3 aromatic rings. The van der Waals surface area contributed by atoms with Crippen molar-refractivity contribution in [3.8, 4) is 11.6 Å². The average molecular weight is 401 g/mol. The molecule has 0 spiro atoms. The number of aromatic nitrogens is 4. The lowest BCUT2D eigenvalue weighted by molar-refractivity contribution is 0.0528. The van der Waals surface area contributed by atoms with Gasteiger partial charge in [-0.1, -0.05) is 0 Å². The van der Waals surface area contributed by atoms with Gasteiger partial charge in [0.05, 0.1) is 38.3 Å². The number of fused-ring (bicyclic) bond motifs is 2. The van der Waals surface area contributed by atoms with Crippen LogP contribution >= 0.6 is 0 Å². The lowest BCUT2D eigenvalue weighted by Crippen LogP contribution is -2.33. The van der Waals surface area contributed by atoms with Crippen molar-refractivity contribution < 1.29 is 23.8 Å². The fourth-order valence-electron chi connectivity index (χ4n) is 3.25. The van der Waals surface area contributed by atoms with Crippen LogP contribution in [-0.4, -0.2) is 49.9 Å². The molecule has 0 saturated heterocycles. The molecule has 0 amide bonds. The maximum Gasteiger partial charge on any atom is 0.343 e. The van der Waals surface area contributed by atoms with E-state index in [0.717, 1.165) is 6.20 Å². The van der Waals surface area contributed by atoms with E-state index in [1.807, 2.05) is 11.8 Å². The summed E-state index contributed by atoms with van der Waals surface area (Å²) in [6, 6.07) is 1.21. The zero-order valence-corrected chi connectivity index (χ0v) is 16.0. The maximum atomic E-state index is 13.7. The molecule has 29 heavy (non-hydrogen) atoms. The second kappa shape index (κ2) is 7.53. The molecule has 4 rings (SSSR count). The van der Waals surface area contributed by atoms with Gasteiger partial charge in [0.15, 0.2) is 17.2 Å². The second-order valence-electron chi connectivity index (χ2n) is 6.73. The van der Waals surface area contributed by atoms with Crippen molar-refractivity contribution in [1.29, 1.82) is 0 Å². The van der Waals surface area contributed by atoms with Crippen molar-refractivity contribution in [3.05, 3.63) is 41.6 Å². The minimum atomic E-state index is -0.541. The molecule has 0 fully saturated rings. The third kappa shape index (κ3) is 3.53. The Morgan fingerprint density at radius 1 is 1.45 bits per heavy atom. The molecule has 4 heterocycles. The van der Waals surface area contributed by atoms with Crippen LogP contribution in [0.5, 0.6) is 11.6 Å². The molecule has 152 valence electrons. The normalized spacial score (nSPS) is 16.2. The number of ether oxygens (including phenoxy) is 2. The number of carbonyl (C=O) groups is 1. The first kappa shape index (κ1) is 18.9. The van der Waals surface area contributed by atoms with Crippen LogP contribution in [0, 0.1) is 5.82 Å². The highest BCUT2D eigenvalue weighted by Crippen LogP contribution is 2.34. The number of aromatic hydroxyl groups is 1. The summed E-state index contributed by atoms with van der Waals surface area (Å²) in [5.74, 6) is -0.360. The number of esters is 1. The summed E-state index contributed by atoms with van der Waals surface area (Å²) in [6.07, 6.45) is 4.69. The molecule has 0 unspecified atom stereocenters. The quantitative estimate of drug-likeness (QED) is 0.665. The molecular weight excluding hydrogens is 381 g/mol. The summed E-state index contributed by atoms with van der Waals surface area (Å²) < 4.78 is 26.0. The van der Waals surface area contributed by atoms with Crippen LogP contribution in [0.4, 0.5) is 10.2 Å². The van der Waals surface area contributed by atoms with Gasteiger partial charge in [-0.25, -0.2) is 23.7 Å². The van der Waals surface area contributed by atoms with E-state index in [1.54, 1.807) is 13.1 Å². The minimum absolute atomic E-state index is 0.0252. The highest BCUT2D eigenvalue weighted by molar-refractivity contribution is 5.95. The second-order valence-corrected chi connectivity index (χ2v) is 6.73. The molecule has 0 radical (unpaired) electrons. The van der Waals surface area contributed by atoms with E-state index < -0.39 is 11.8 Å². The highest BCUT2D eigenvalue weighted by Gasteiger charge is 2.27. The van der Waals surface area contributed by atoms with Crippen LogP contribution in [0.15, 0.2) is 24.7 Å². The number of carbonyl (C=O) groups excluding carboxylic acids is 1. The van der Waals surface area contributed by atoms with Crippen molar-refractivity contribution in [2.75, 3.05) is 18.1 Å². The van der Waals surface area contributed by atoms with E-state index in [4.69, 9.17) is 9.47 Å². The van der Waals surface area contributed by atoms with E-state index in [0.29, 0.717) is 35.8 Å². The van der Waals surface area contributed by atoms with Gasteiger partial charge in [-0.05, 0) is 19.9 Å². The van der Waals surface area contributed by atoms with Crippen molar-refractivity contribution in [1.82, 2.24) is 19.6 Å². The van der Waals surface area contributed by atoms with Crippen LogP contribution in [0.1, 0.15) is 36.2 Å². The third-order valence-corrected chi connectivity index (χ3v) is 4.78. The van der Waals surface area contributed by atoms with E-state index in [9.17, 15) is 14.3 Å². The van der Waals surface area contributed by atoms with Crippen molar-refractivity contribution >= 4 is 17.4 Å². The van der Waals surface area contributed by atoms with E-state index in [2.05, 4.69) is 15.1 Å². The van der Waals surface area contributed by atoms with Crippen molar-refractivity contribution in [3.63, 3.8) is 0 Å². The predicted octanol–water partition coefficient (Wildman–Crippen LogP) is 2.32. The Balaban J connectivity index is 1.81. The summed E-state index contributed by atoms with van der Waals surface area (Å²) in [5.41, 5.74) is 0.888. The summed E-state index contributed by atoms with van der Waals surface area (Å²) in [6.45, 7) is 4.56. The number of halogens is 1. The number of anilines is 1. The van der Waals surface area contributed by atoms with Gasteiger partial charge in [0.2, 0.25) is 5.88 Å². The Labute approximate surface area is 165 Å². The average Bonchev–Trinajstić information content (AvgIpc) is 3.04. The van der Waals surface area contributed by atoms with Gasteiger partial charge in [0.25, 0.3) is 0 Å². The van der Waals surface area contributed by atoms with Crippen molar-refractivity contribution in [2.24, 2.45) is 0 Å². The lowest BCUT2D eigenvalue weighted by Gasteiger charge is -2.28. The molecule has 1 atom stereocenters. The number of rotatable bonds is 4. The molecule has 3 aromatic heterocycles. The molecular formula is C19H20FN5O4. The third-order valence-electron chi connectivity index (χ3n) is 4.78. The van der Waals surface area contributed by atoms with Crippen LogP contribution in [0.25, 0.3) is 5.65 Å². The molecule has 1 aliphatic heterocycles. The molecule has 0 aromatic carbocycles. The molecule has 0 saturated carbocycles. The Morgan fingerprint density at radius 2 is 2.28 bits per heavy atom. The Kier molecular flexibility index (Phi) is 4.91. The number of hydrogen-bond donors (Lipinski definition) is 1. The number of nitrogens with zero attached hydrogens (tertiary/aromatic N) is 5. The van der Waals surface area contributed by atoms with E-state index >= 15 is 0 Å². The Hall–Kier alpha value is -3.43. The number of hydrogen-bond acceptors (Lipinski definition) is 8. The summed E-state index contributed by atoms with van der Waals surface area (Å²) >= 11 is 0. The first-order valence-electron chi connectivity index (χ1n) is 9.26. The largest absolute Gasteiger partial charge is 0.493 e. The topological polar surface area (TPSA) is 102 Å². The standard InChI is InChI=1S/C19H20FN5O4/c1-3-28-19(27)14-8-22-25-10-15-17(23-16(14)25)24(11(2)4-5-29-15)9-12-6-13(20)7-21-18(12)26/h6-8,10-11H,3-5,9H2,1-2H3,(H,21,26)/t11-/m1/s1. The monoisotopic (exact) mass is 401 g/mol. The van der Waals surface area contributed by atoms with E-state index in [1.165, 1.54) is 16.8 Å². The maximum absolute atomic E-state index is 13.7.